The van der Waals surface area contributed by atoms with E-state index >= 15 is 0 Å². The van der Waals surface area contributed by atoms with E-state index in [9.17, 15) is 4.79 Å². The molecule has 3 aromatic rings. The van der Waals surface area contributed by atoms with Crippen molar-refractivity contribution in [3.63, 3.8) is 0 Å². The van der Waals surface area contributed by atoms with Crippen LogP contribution in [0, 0.1) is 0 Å². The molecule has 0 amide bonds. The van der Waals surface area contributed by atoms with E-state index in [1.54, 1.807) is 16.4 Å². The summed E-state index contributed by atoms with van der Waals surface area (Å²) >= 11 is 1.60. The van der Waals surface area contributed by atoms with E-state index < -0.39 is 6.04 Å². The van der Waals surface area contributed by atoms with Gasteiger partial charge in [-0.2, -0.15) is 4.98 Å². The molecule has 0 saturated heterocycles. The van der Waals surface area contributed by atoms with Crippen LogP contribution in [0.4, 0.5) is 5.95 Å². The van der Waals surface area contributed by atoms with Crippen molar-refractivity contribution in [2.45, 2.75) is 84.0 Å². The lowest BCUT2D eigenvalue weighted by atomic mass is 9.87. The molecular formula is C31H40N4O3S. The topological polar surface area (TPSA) is 78.3 Å². The molecule has 208 valence electrons. The molecule has 1 aliphatic heterocycles. The van der Waals surface area contributed by atoms with E-state index in [0.29, 0.717) is 41.3 Å². The van der Waals surface area contributed by atoms with Gasteiger partial charge in [-0.05, 0) is 42.4 Å². The lowest BCUT2D eigenvalue weighted by Gasteiger charge is -2.29. The molecule has 0 radical (unpaired) electrons. The molecule has 1 aliphatic rings. The Morgan fingerprint density at radius 1 is 1.08 bits per heavy atom. The molecule has 0 aliphatic carbocycles. The van der Waals surface area contributed by atoms with Crippen molar-refractivity contribution in [3.05, 3.63) is 76.5 Å². The smallest absolute Gasteiger partial charge is 0.338 e. The van der Waals surface area contributed by atoms with Crippen LogP contribution in [0.25, 0.3) is 0 Å². The van der Waals surface area contributed by atoms with Crippen LogP contribution in [0.2, 0.25) is 0 Å². The predicted octanol–water partition coefficient (Wildman–Crippen LogP) is 7.29. The second kappa shape index (κ2) is 12.7. The Bertz CT molecular complexity index is 1310. The van der Waals surface area contributed by atoms with Gasteiger partial charge in [0.2, 0.25) is 11.1 Å². The van der Waals surface area contributed by atoms with Gasteiger partial charge in [0.05, 0.1) is 12.2 Å². The fourth-order valence-electron chi connectivity index (χ4n) is 4.42. The maximum atomic E-state index is 13.4. The van der Waals surface area contributed by atoms with Crippen LogP contribution in [0.15, 0.2) is 65.0 Å². The van der Waals surface area contributed by atoms with Crippen molar-refractivity contribution in [1.82, 2.24) is 14.8 Å². The maximum absolute atomic E-state index is 13.4. The lowest BCUT2D eigenvalue weighted by molar-refractivity contribution is -0.139. The highest BCUT2D eigenvalue weighted by Crippen LogP contribution is 2.40. The van der Waals surface area contributed by atoms with Crippen molar-refractivity contribution in [2.75, 3.05) is 17.7 Å². The summed E-state index contributed by atoms with van der Waals surface area (Å²) in [6.45, 7) is 13.5. The second-order valence-corrected chi connectivity index (χ2v) is 11.9. The minimum absolute atomic E-state index is 0.0944. The molecule has 0 spiro atoms. The largest absolute Gasteiger partial charge is 0.489 e. The number of ether oxygens (including phenoxy) is 2. The van der Waals surface area contributed by atoms with Gasteiger partial charge in [-0.3, -0.25) is 0 Å². The Hall–Kier alpha value is -3.26. The number of thioether (sulfide) groups is 1. The van der Waals surface area contributed by atoms with E-state index in [2.05, 4.69) is 64.2 Å². The number of unbranched alkanes of at least 4 members (excludes halogenated alkanes) is 1. The summed E-state index contributed by atoms with van der Waals surface area (Å²) in [7, 11) is 0. The molecule has 4 rings (SSSR count). The van der Waals surface area contributed by atoms with Crippen LogP contribution in [0.3, 0.4) is 0 Å². The third-order valence-corrected chi connectivity index (χ3v) is 7.69. The fraction of sp³-hybridized carbons (Fsp3) is 0.452. The molecular weight excluding hydrogens is 508 g/mol. The molecule has 39 heavy (non-hydrogen) atoms. The molecule has 0 fully saturated rings. The van der Waals surface area contributed by atoms with Gasteiger partial charge in [0.1, 0.15) is 18.4 Å². The standard InChI is InChI=1S/C31H40N4O3S/c1-7-9-18-37-28(36)26-21(3)32-29-33-30(39-19-8-2)34-35(29)27(26)24-12-10-11-13-25(24)38-20-22-14-16-23(17-15-22)31(4,5)6/h10-17,27H,7-9,18-20H2,1-6H3,(H,32,33,34). The first-order valence-electron chi connectivity index (χ1n) is 13.8. The van der Waals surface area contributed by atoms with E-state index in [-0.39, 0.29) is 11.4 Å². The number of fused-ring (bicyclic) bond motifs is 1. The lowest BCUT2D eigenvalue weighted by Crippen LogP contribution is -2.30. The Labute approximate surface area is 236 Å². The van der Waals surface area contributed by atoms with Gasteiger partial charge in [0.15, 0.2) is 0 Å². The van der Waals surface area contributed by atoms with Crippen LogP contribution < -0.4 is 10.1 Å². The molecule has 1 atom stereocenters. The summed E-state index contributed by atoms with van der Waals surface area (Å²) in [4.78, 5) is 18.1. The number of aromatic nitrogens is 3. The number of para-hydroxylation sites is 1. The summed E-state index contributed by atoms with van der Waals surface area (Å²) in [6, 6.07) is 15.9. The zero-order valence-electron chi connectivity index (χ0n) is 23.9. The van der Waals surface area contributed by atoms with Crippen LogP contribution in [-0.2, 0) is 21.6 Å². The normalized spacial score (nSPS) is 15.1. The Kier molecular flexibility index (Phi) is 9.38. The minimum atomic E-state index is -0.529. The SMILES string of the molecule is CCCCOC(=O)C1=C(C)Nc2nc(SCCC)nn2C1c1ccccc1OCc1ccc(C(C)(C)C)cc1. The van der Waals surface area contributed by atoms with E-state index in [0.717, 1.165) is 36.1 Å². The molecule has 2 heterocycles. The van der Waals surface area contributed by atoms with Crippen molar-refractivity contribution in [1.29, 1.82) is 0 Å². The number of benzene rings is 2. The maximum Gasteiger partial charge on any atom is 0.338 e. The van der Waals surface area contributed by atoms with Crippen molar-refractivity contribution in [3.8, 4) is 5.75 Å². The average Bonchev–Trinajstić information content (AvgIpc) is 3.32. The first kappa shape index (κ1) is 28.7. The Morgan fingerprint density at radius 3 is 2.51 bits per heavy atom. The third-order valence-electron chi connectivity index (χ3n) is 6.65. The van der Waals surface area contributed by atoms with Gasteiger partial charge in [0.25, 0.3) is 0 Å². The number of anilines is 1. The number of esters is 1. The van der Waals surface area contributed by atoms with Gasteiger partial charge in [0, 0.05) is 17.0 Å². The van der Waals surface area contributed by atoms with E-state index in [1.807, 2.05) is 31.2 Å². The van der Waals surface area contributed by atoms with Gasteiger partial charge in [-0.25, -0.2) is 9.48 Å². The summed E-state index contributed by atoms with van der Waals surface area (Å²) in [6.07, 6.45) is 2.78. The van der Waals surface area contributed by atoms with Crippen molar-refractivity contribution >= 4 is 23.7 Å². The van der Waals surface area contributed by atoms with Gasteiger partial charge in [-0.1, -0.05) is 95.3 Å². The van der Waals surface area contributed by atoms with Crippen LogP contribution in [-0.4, -0.2) is 33.1 Å². The molecule has 1 aromatic heterocycles. The monoisotopic (exact) mass is 548 g/mol. The summed E-state index contributed by atoms with van der Waals surface area (Å²) < 4.78 is 13.9. The molecule has 7 nitrogen and oxygen atoms in total. The molecule has 1 unspecified atom stereocenters. The number of carbonyl (C=O) groups excluding carboxylic acids is 1. The van der Waals surface area contributed by atoms with Crippen molar-refractivity contribution < 1.29 is 14.3 Å². The van der Waals surface area contributed by atoms with E-state index in [4.69, 9.17) is 19.6 Å². The van der Waals surface area contributed by atoms with Gasteiger partial charge < -0.3 is 14.8 Å². The highest BCUT2D eigenvalue weighted by Gasteiger charge is 2.36. The molecule has 0 saturated carbocycles. The van der Waals surface area contributed by atoms with Gasteiger partial charge >= 0.3 is 5.97 Å². The fourth-order valence-corrected chi connectivity index (χ4v) is 5.11. The molecule has 0 bridgehead atoms. The first-order valence-corrected chi connectivity index (χ1v) is 14.8. The zero-order chi connectivity index (χ0) is 28.0. The average molecular weight is 549 g/mol. The van der Waals surface area contributed by atoms with Crippen LogP contribution in [0.5, 0.6) is 5.75 Å². The third kappa shape index (κ3) is 6.85. The highest BCUT2D eigenvalue weighted by atomic mass is 32.2. The predicted molar refractivity (Wildman–Crippen MR) is 157 cm³/mol. The number of rotatable bonds is 11. The minimum Gasteiger partial charge on any atom is -0.489 e. The number of carbonyl (C=O) groups is 1. The van der Waals surface area contributed by atoms with Crippen LogP contribution in [0.1, 0.15) is 83.5 Å². The number of nitrogens with one attached hydrogen (secondary N) is 1. The zero-order valence-corrected chi connectivity index (χ0v) is 24.7. The molecule has 1 N–H and O–H groups in total. The summed E-state index contributed by atoms with van der Waals surface area (Å²) in [5.74, 6) is 1.86. The quantitative estimate of drug-likeness (QED) is 0.153. The van der Waals surface area contributed by atoms with Gasteiger partial charge in [-0.15, -0.1) is 5.10 Å². The number of nitrogens with zero attached hydrogens (tertiary/aromatic N) is 3. The van der Waals surface area contributed by atoms with E-state index in [1.165, 1.54) is 5.56 Å². The molecule has 8 heteroatoms. The number of allylic oxidation sites excluding steroid dienone is 1. The van der Waals surface area contributed by atoms with Crippen LogP contribution >= 0.6 is 11.8 Å². The Balaban J connectivity index is 1.68. The summed E-state index contributed by atoms with van der Waals surface area (Å²) in [5.41, 5.74) is 4.52. The number of hydrogen-bond donors (Lipinski definition) is 1. The first-order chi connectivity index (χ1) is 18.7. The Morgan fingerprint density at radius 2 is 1.82 bits per heavy atom. The van der Waals surface area contributed by atoms with Crippen molar-refractivity contribution in [2.24, 2.45) is 0 Å². The number of hydrogen-bond acceptors (Lipinski definition) is 7. The summed E-state index contributed by atoms with van der Waals surface area (Å²) in [5, 5.41) is 8.77. The molecule has 2 aromatic carbocycles. The second-order valence-electron chi connectivity index (χ2n) is 10.8. The highest BCUT2D eigenvalue weighted by molar-refractivity contribution is 7.99.